The molecule has 1 saturated heterocycles. The Morgan fingerprint density at radius 2 is 1.49 bits per heavy atom. The highest BCUT2D eigenvalue weighted by molar-refractivity contribution is 5.56. The molecule has 0 atom stereocenters. The van der Waals surface area contributed by atoms with Gasteiger partial charge >= 0.3 is 12.4 Å². The molecule has 1 aromatic heterocycles. The van der Waals surface area contributed by atoms with Gasteiger partial charge < -0.3 is 19.9 Å². The van der Waals surface area contributed by atoms with Gasteiger partial charge in [0.15, 0.2) is 0 Å². The maximum atomic E-state index is 13.3. The predicted molar refractivity (Wildman–Crippen MR) is 146 cm³/mol. The minimum Gasteiger partial charge on any atom is -0.474 e. The Morgan fingerprint density at radius 1 is 0.837 bits per heavy atom. The SMILES string of the molecule is O=[N+]([O-])c1ccc(NC2CCC(Oc3cc(N4CCN(c5ccc(C(F)(F)F)cc5)CC4)ncn3)CC2)cc1C(F)(F)F. The van der Waals surface area contributed by atoms with Gasteiger partial charge in [0.2, 0.25) is 5.88 Å². The summed E-state index contributed by atoms with van der Waals surface area (Å²) < 4.78 is 84.6. The molecule has 9 nitrogen and oxygen atoms in total. The number of hydrogen-bond acceptors (Lipinski definition) is 8. The Bertz CT molecular complexity index is 1420. The first-order valence-corrected chi connectivity index (χ1v) is 13.6. The van der Waals surface area contributed by atoms with Crippen LogP contribution in [0.4, 0.5) is 49.2 Å². The number of nitro groups is 1. The quantitative estimate of drug-likeness (QED) is 0.183. The molecule has 1 N–H and O–H groups in total. The fourth-order valence-electron chi connectivity index (χ4n) is 5.37. The first-order valence-electron chi connectivity index (χ1n) is 13.6. The summed E-state index contributed by atoms with van der Waals surface area (Å²) in [6.07, 6.45) is -5.47. The summed E-state index contributed by atoms with van der Waals surface area (Å²) in [4.78, 5) is 22.6. The first kappa shape index (κ1) is 30.2. The number of halogens is 6. The minimum atomic E-state index is -4.85. The van der Waals surface area contributed by atoms with E-state index in [4.69, 9.17) is 4.74 Å². The lowest BCUT2D eigenvalue weighted by Crippen LogP contribution is -2.46. The zero-order chi connectivity index (χ0) is 30.8. The monoisotopic (exact) mass is 610 g/mol. The summed E-state index contributed by atoms with van der Waals surface area (Å²) in [6.45, 7) is 2.41. The van der Waals surface area contributed by atoms with Crippen LogP contribution >= 0.6 is 0 Å². The van der Waals surface area contributed by atoms with E-state index in [9.17, 15) is 36.5 Å². The summed E-state index contributed by atoms with van der Waals surface area (Å²) in [6, 6.07) is 9.65. The highest BCUT2D eigenvalue weighted by Gasteiger charge is 2.38. The molecule has 230 valence electrons. The van der Waals surface area contributed by atoms with Crippen LogP contribution in [0.2, 0.25) is 0 Å². The van der Waals surface area contributed by atoms with E-state index in [2.05, 4.69) is 20.2 Å². The van der Waals surface area contributed by atoms with Crippen molar-refractivity contribution in [2.24, 2.45) is 0 Å². The van der Waals surface area contributed by atoms with E-state index in [0.717, 1.165) is 30.0 Å². The normalized spacial score (nSPS) is 19.7. The third kappa shape index (κ3) is 7.38. The second-order valence-electron chi connectivity index (χ2n) is 10.5. The van der Waals surface area contributed by atoms with Crippen molar-refractivity contribution in [3.05, 3.63) is 76.1 Å². The summed E-state index contributed by atoms with van der Waals surface area (Å²) >= 11 is 0. The van der Waals surface area contributed by atoms with Crippen molar-refractivity contribution in [2.75, 3.05) is 41.3 Å². The molecule has 3 aromatic rings. The van der Waals surface area contributed by atoms with Crippen LogP contribution < -0.4 is 19.9 Å². The number of piperazine rings is 1. The molecule has 0 amide bonds. The van der Waals surface area contributed by atoms with Crippen LogP contribution in [0.15, 0.2) is 54.9 Å². The summed E-state index contributed by atoms with van der Waals surface area (Å²) in [5.41, 5.74) is -2.07. The van der Waals surface area contributed by atoms with Gasteiger partial charge in [0.05, 0.1) is 10.5 Å². The number of hydrogen-bond donors (Lipinski definition) is 1. The molecule has 2 aliphatic rings. The standard InChI is InChI=1S/C28H28F6N6O3/c29-27(30,31)18-1-6-21(7-2-18)38-11-13-39(14-12-38)25-16-26(36-17-35-25)43-22-8-3-19(4-9-22)37-20-5-10-24(40(41)42)23(15-20)28(32,33)34/h1-2,5-7,10,15-17,19,22,37H,3-4,8-9,11-14H2. The van der Waals surface area contributed by atoms with Gasteiger partial charge in [-0.1, -0.05) is 0 Å². The van der Waals surface area contributed by atoms with Gasteiger partial charge in [-0.25, -0.2) is 9.97 Å². The van der Waals surface area contributed by atoms with Gasteiger partial charge in [-0.05, 0) is 62.1 Å². The molecule has 1 saturated carbocycles. The summed E-state index contributed by atoms with van der Waals surface area (Å²) in [7, 11) is 0. The lowest BCUT2D eigenvalue weighted by molar-refractivity contribution is -0.388. The largest absolute Gasteiger partial charge is 0.474 e. The summed E-state index contributed by atoms with van der Waals surface area (Å²) in [5.74, 6) is 1.07. The van der Waals surface area contributed by atoms with Crippen LogP contribution in [0.25, 0.3) is 0 Å². The number of anilines is 3. The molecule has 1 aliphatic heterocycles. The number of alkyl halides is 6. The van der Waals surface area contributed by atoms with Crippen molar-refractivity contribution in [3.63, 3.8) is 0 Å². The van der Waals surface area contributed by atoms with Gasteiger partial charge in [-0.3, -0.25) is 10.1 Å². The van der Waals surface area contributed by atoms with Crippen molar-refractivity contribution >= 4 is 22.9 Å². The molecule has 1 aliphatic carbocycles. The van der Waals surface area contributed by atoms with Crippen LogP contribution in [0.1, 0.15) is 36.8 Å². The maximum absolute atomic E-state index is 13.3. The van der Waals surface area contributed by atoms with Crippen molar-refractivity contribution in [2.45, 2.75) is 50.2 Å². The van der Waals surface area contributed by atoms with Crippen LogP contribution in [0.3, 0.4) is 0 Å². The fourth-order valence-corrected chi connectivity index (χ4v) is 5.37. The number of nitrogens with one attached hydrogen (secondary N) is 1. The van der Waals surface area contributed by atoms with E-state index >= 15 is 0 Å². The number of benzene rings is 2. The summed E-state index contributed by atoms with van der Waals surface area (Å²) in [5, 5.41) is 14.1. The van der Waals surface area contributed by atoms with Crippen molar-refractivity contribution in [1.29, 1.82) is 0 Å². The molecule has 0 radical (unpaired) electrons. The van der Waals surface area contributed by atoms with Gasteiger partial charge in [0.1, 0.15) is 23.8 Å². The number of nitrogens with zero attached hydrogens (tertiary/aromatic N) is 5. The molecular weight excluding hydrogens is 582 g/mol. The molecule has 43 heavy (non-hydrogen) atoms. The molecule has 0 bridgehead atoms. The number of ether oxygens (including phenoxy) is 1. The topological polar surface area (TPSA) is 96.7 Å². The van der Waals surface area contributed by atoms with Crippen LogP contribution in [-0.2, 0) is 12.4 Å². The highest BCUT2D eigenvalue weighted by atomic mass is 19.4. The van der Waals surface area contributed by atoms with Crippen LogP contribution in [0, 0.1) is 10.1 Å². The van der Waals surface area contributed by atoms with E-state index in [-0.39, 0.29) is 17.8 Å². The molecule has 5 rings (SSSR count). The second-order valence-corrected chi connectivity index (χ2v) is 10.5. The van der Waals surface area contributed by atoms with Crippen LogP contribution in [0.5, 0.6) is 5.88 Å². The number of aromatic nitrogens is 2. The van der Waals surface area contributed by atoms with Gasteiger partial charge in [-0.2, -0.15) is 26.3 Å². The second kappa shape index (κ2) is 12.1. The predicted octanol–water partition coefficient (Wildman–Crippen LogP) is 6.55. The van der Waals surface area contributed by atoms with Crippen molar-refractivity contribution in [1.82, 2.24) is 9.97 Å². The molecular formula is C28H28F6N6O3. The third-order valence-corrected chi connectivity index (χ3v) is 7.62. The number of nitro benzene ring substituents is 1. The third-order valence-electron chi connectivity index (χ3n) is 7.62. The Labute approximate surface area is 242 Å². The average molecular weight is 611 g/mol. The smallest absolute Gasteiger partial charge is 0.423 e. The fraction of sp³-hybridized carbons (Fsp3) is 0.429. The van der Waals surface area contributed by atoms with E-state index in [1.165, 1.54) is 24.5 Å². The van der Waals surface area contributed by atoms with E-state index in [1.54, 1.807) is 6.07 Å². The first-order chi connectivity index (χ1) is 20.4. The zero-order valence-corrected chi connectivity index (χ0v) is 22.7. The highest BCUT2D eigenvalue weighted by Crippen LogP contribution is 2.38. The Morgan fingerprint density at radius 3 is 2.09 bits per heavy atom. The lowest BCUT2D eigenvalue weighted by atomic mass is 9.92. The molecule has 2 fully saturated rings. The van der Waals surface area contributed by atoms with E-state index in [0.29, 0.717) is 63.6 Å². The van der Waals surface area contributed by atoms with Gasteiger partial charge in [0.25, 0.3) is 5.69 Å². The molecule has 0 spiro atoms. The lowest BCUT2D eigenvalue weighted by Gasteiger charge is -2.37. The Balaban J connectivity index is 1.12. The molecule has 2 heterocycles. The zero-order valence-electron chi connectivity index (χ0n) is 22.7. The Kier molecular flexibility index (Phi) is 8.51. The molecule has 0 unspecified atom stereocenters. The van der Waals surface area contributed by atoms with E-state index < -0.39 is 34.1 Å². The average Bonchev–Trinajstić information content (AvgIpc) is 2.97. The van der Waals surface area contributed by atoms with Gasteiger partial charge in [-0.15, -0.1) is 0 Å². The minimum absolute atomic E-state index is 0.121. The van der Waals surface area contributed by atoms with Crippen molar-refractivity contribution < 1.29 is 36.0 Å². The van der Waals surface area contributed by atoms with E-state index in [1.807, 2.05) is 4.90 Å². The van der Waals surface area contributed by atoms with Gasteiger partial charge in [0, 0.05) is 55.7 Å². The molecule has 2 aromatic carbocycles. The van der Waals surface area contributed by atoms with Crippen LogP contribution in [-0.4, -0.2) is 53.2 Å². The molecule has 15 heteroatoms. The van der Waals surface area contributed by atoms with Crippen molar-refractivity contribution in [3.8, 4) is 5.88 Å². The maximum Gasteiger partial charge on any atom is 0.423 e. The Hall–Kier alpha value is -4.30. The number of rotatable bonds is 7.